The molecular formula is C16H15BrN2O. The van der Waals surface area contributed by atoms with Crippen molar-refractivity contribution in [3.8, 4) is 0 Å². The molecule has 3 rings (SSSR count). The fourth-order valence-electron chi connectivity index (χ4n) is 2.54. The maximum atomic E-state index is 12.2. The van der Waals surface area contributed by atoms with Crippen molar-refractivity contribution in [1.82, 2.24) is 0 Å². The van der Waals surface area contributed by atoms with E-state index in [0.717, 1.165) is 21.5 Å². The van der Waals surface area contributed by atoms with E-state index in [4.69, 9.17) is 0 Å². The highest BCUT2D eigenvalue weighted by Crippen LogP contribution is 2.39. The van der Waals surface area contributed by atoms with E-state index in [1.165, 1.54) is 5.56 Å². The summed E-state index contributed by atoms with van der Waals surface area (Å²) in [6, 6.07) is 14.2. The van der Waals surface area contributed by atoms with Gasteiger partial charge in [-0.25, -0.2) is 0 Å². The van der Waals surface area contributed by atoms with Crippen LogP contribution in [0.25, 0.3) is 0 Å². The lowest BCUT2D eigenvalue weighted by Crippen LogP contribution is -2.41. The van der Waals surface area contributed by atoms with Crippen LogP contribution in [0.1, 0.15) is 5.56 Å². The third-order valence-corrected chi connectivity index (χ3v) is 4.16. The largest absolute Gasteiger partial charge is 0.330 e. The van der Waals surface area contributed by atoms with Gasteiger partial charge in [-0.2, -0.15) is 0 Å². The number of anilines is 3. The number of fused-ring (bicyclic) bond motifs is 1. The summed E-state index contributed by atoms with van der Waals surface area (Å²) in [6.07, 6.45) is 0. The first-order valence-electron chi connectivity index (χ1n) is 6.47. The monoisotopic (exact) mass is 330 g/mol. The normalized spacial score (nSPS) is 14.4. The maximum absolute atomic E-state index is 12.2. The van der Waals surface area contributed by atoms with Gasteiger partial charge in [0.25, 0.3) is 0 Å². The third kappa shape index (κ3) is 2.10. The topological polar surface area (TPSA) is 23.6 Å². The molecule has 1 aliphatic heterocycles. The van der Waals surface area contributed by atoms with Gasteiger partial charge in [-0.05, 0) is 36.8 Å². The van der Waals surface area contributed by atoms with Crippen LogP contribution in [0.3, 0.4) is 0 Å². The van der Waals surface area contributed by atoms with Crippen molar-refractivity contribution in [3.05, 3.63) is 52.5 Å². The number of amides is 1. The van der Waals surface area contributed by atoms with Crippen LogP contribution in [0.15, 0.2) is 46.9 Å². The van der Waals surface area contributed by atoms with Gasteiger partial charge >= 0.3 is 0 Å². The van der Waals surface area contributed by atoms with E-state index in [2.05, 4.69) is 46.0 Å². The van der Waals surface area contributed by atoms with Gasteiger partial charge in [-0.15, -0.1) is 0 Å². The molecule has 0 unspecified atom stereocenters. The summed E-state index contributed by atoms with van der Waals surface area (Å²) in [5, 5.41) is 0. The molecule has 1 aliphatic rings. The van der Waals surface area contributed by atoms with Crippen molar-refractivity contribution in [2.24, 2.45) is 0 Å². The molecule has 0 atom stereocenters. The Bertz CT molecular complexity index is 684. The number of likely N-dealkylation sites (N-methyl/N-ethyl adjacent to an activating group) is 1. The summed E-state index contributed by atoms with van der Waals surface area (Å²) in [5.41, 5.74) is 4.24. The highest BCUT2D eigenvalue weighted by Gasteiger charge is 2.28. The van der Waals surface area contributed by atoms with Crippen LogP contribution in [0.2, 0.25) is 0 Å². The smallest absolute Gasteiger partial charge is 0.246 e. The Hall–Kier alpha value is -1.81. The van der Waals surface area contributed by atoms with E-state index < -0.39 is 0 Å². The fraction of sp³-hybridized carbons (Fsp3) is 0.188. The molecule has 0 fully saturated rings. The molecule has 0 aliphatic carbocycles. The van der Waals surface area contributed by atoms with Crippen LogP contribution in [-0.2, 0) is 4.79 Å². The Kier molecular flexibility index (Phi) is 3.26. The van der Waals surface area contributed by atoms with Gasteiger partial charge < -0.3 is 9.80 Å². The second-order valence-electron chi connectivity index (χ2n) is 4.96. The van der Waals surface area contributed by atoms with Crippen molar-refractivity contribution >= 4 is 38.9 Å². The zero-order valence-corrected chi connectivity index (χ0v) is 13.0. The van der Waals surface area contributed by atoms with Crippen molar-refractivity contribution in [2.45, 2.75) is 6.92 Å². The van der Waals surface area contributed by atoms with Crippen LogP contribution in [-0.4, -0.2) is 19.5 Å². The predicted octanol–water partition coefficient (Wildman–Crippen LogP) is 3.87. The standard InChI is InChI=1S/C16H15BrN2O/c1-11-5-3-4-6-13(11)19-10-16(20)18(2)15-9-12(17)7-8-14(15)19/h3-9H,10H2,1-2H3. The van der Waals surface area contributed by atoms with Crippen molar-refractivity contribution in [1.29, 1.82) is 0 Å². The summed E-state index contributed by atoms with van der Waals surface area (Å²) in [6.45, 7) is 2.44. The number of para-hydroxylation sites is 1. The lowest BCUT2D eigenvalue weighted by atomic mass is 10.1. The number of benzene rings is 2. The Balaban J connectivity index is 2.17. The van der Waals surface area contributed by atoms with E-state index in [0.29, 0.717) is 6.54 Å². The fourth-order valence-corrected chi connectivity index (χ4v) is 2.88. The molecule has 2 aromatic rings. The van der Waals surface area contributed by atoms with Crippen LogP contribution < -0.4 is 9.80 Å². The van der Waals surface area contributed by atoms with Gasteiger partial charge in [0.2, 0.25) is 5.91 Å². The quantitative estimate of drug-likeness (QED) is 0.792. The Morgan fingerprint density at radius 3 is 2.55 bits per heavy atom. The summed E-state index contributed by atoms with van der Waals surface area (Å²) in [5.74, 6) is 0.0962. The van der Waals surface area contributed by atoms with E-state index in [9.17, 15) is 4.79 Å². The van der Waals surface area contributed by atoms with Crippen molar-refractivity contribution in [2.75, 3.05) is 23.4 Å². The van der Waals surface area contributed by atoms with E-state index in [1.54, 1.807) is 4.90 Å². The van der Waals surface area contributed by atoms with Crippen LogP contribution in [0.5, 0.6) is 0 Å². The van der Waals surface area contributed by atoms with E-state index >= 15 is 0 Å². The number of rotatable bonds is 1. The van der Waals surface area contributed by atoms with Gasteiger partial charge in [-0.1, -0.05) is 34.1 Å². The summed E-state index contributed by atoms with van der Waals surface area (Å²) in [7, 11) is 1.82. The maximum Gasteiger partial charge on any atom is 0.246 e. The predicted molar refractivity (Wildman–Crippen MR) is 85.7 cm³/mol. The molecule has 0 bridgehead atoms. The van der Waals surface area contributed by atoms with Crippen molar-refractivity contribution in [3.63, 3.8) is 0 Å². The summed E-state index contributed by atoms with van der Waals surface area (Å²) >= 11 is 3.47. The number of carbonyl (C=O) groups is 1. The average molecular weight is 331 g/mol. The molecule has 0 aromatic heterocycles. The molecule has 0 N–H and O–H groups in total. The Morgan fingerprint density at radius 1 is 1.05 bits per heavy atom. The number of carbonyl (C=O) groups excluding carboxylic acids is 1. The van der Waals surface area contributed by atoms with Gasteiger partial charge in [0.05, 0.1) is 11.4 Å². The van der Waals surface area contributed by atoms with E-state index in [-0.39, 0.29) is 5.91 Å². The van der Waals surface area contributed by atoms with Crippen LogP contribution in [0, 0.1) is 6.92 Å². The molecule has 3 nitrogen and oxygen atoms in total. The molecule has 1 amide bonds. The lowest BCUT2D eigenvalue weighted by molar-refractivity contribution is -0.117. The first-order chi connectivity index (χ1) is 9.58. The van der Waals surface area contributed by atoms with E-state index in [1.807, 2.05) is 31.3 Å². The second kappa shape index (κ2) is 4.94. The molecule has 102 valence electrons. The van der Waals surface area contributed by atoms with Crippen LogP contribution in [0.4, 0.5) is 17.1 Å². The number of hydrogen-bond acceptors (Lipinski definition) is 2. The second-order valence-corrected chi connectivity index (χ2v) is 5.87. The minimum atomic E-state index is 0.0962. The van der Waals surface area contributed by atoms with Gasteiger partial charge in [-0.3, -0.25) is 4.79 Å². The molecule has 0 saturated carbocycles. The summed E-state index contributed by atoms with van der Waals surface area (Å²) in [4.78, 5) is 16.0. The zero-order valence-electron chi connectivity index (χ0n) is 11.4. The number of hydrogen-bond donors (Lipinski definition) is 0. The molecular weight excluding hydrogens is 316 g/mol. The zero-order chi connectivity index (χ0) is 14.3. The SMILES string of the molecule is Cc1ccccc1N1CC(=O)N(C)c2cc(Br)ccc21. The van der Waals surface area contributed by atoms with Gasteiger partial charge in [0.15, 0.2) is 0 Å². The highest BCUT2D eigenvalue weighted by atomic mass is 79.9. The van der Waals surface area contributed by atoms with Gasteiger partial charge in [0, 0.05) is 17.2 Å². The van der Waals surface area contributed by atoms with Crippen LogP contribution >= 0.6 is 15.9 Å². The molecule has 4 heteroatoms. The molecule has 1 heterocycles. The summed E-state index contributed by atoms with van der Waals surface area (Å²) < 4.78 is 0.975. The number of aryl methyl sites for hydroxylation is 1. The highest BCUT2D eigenvalue weighted by molar-refractivity contribution is 9.10. The third-order valence-electron chi connectivity index (χ3n) is 3.66. The molecule has 0 radical (unpaired) electrons. The minimum Gasteiger partial charge on any atom is -0.330 e. The lowest BCUT2D eigenvalue weighted by Gasteiger charge is -2.36. The molecule has 0 saturated heterocycles. The Labute approximate surface area is 126 Å². The first kappa shape index (κ1) is 13.2. The molecule has 20 heavy (non-hydrogen) atoms. The number of halogens is 1. The average Bonchev–Trinajstić information content (AvgIpc) is 2.44. The first-order valence-corrected chi connectivity index (χ1v) is 7.26. The van der Waals surface area contributed by atoms with Crippen molar-refractivity contribution < 1.29 is 4.79 Å². The minimum absolute atomic E-state index is 0.0962. The number of nitrogens with zero attached hydrogens (tertiary/aromatic N) is 2. The Morgan fingerprint density at radius 2 is 1.80 bits per heavy atom. The van der Waals surface area contributed by atoms with Gasteiger partial charge in [0.1, 0.15) is 6.54 Å². The molecule has 0 spiro atoms. The molecule has 2 aromatic carbocycles.